The van der Waals surface area contributed by atoms with Crippen molar-refractivity contribution in [2.24, 2.45) is 5.73 Å². The van der Waals surface area contributed by atoms with Gasteiger partial charge in [-0.1, -0.05) is 35.0 Å². The number of halogens is 1. The Morgan fingerprint density at radius 1 is 1.17 bits per heavy atom. The van der Waals surface area contributed by atoms with Crippen LogP contribution in [0.1, 0.15) is 23.9 Å². The van der Waals surface area contributed by atoms with Crippen molar-refractivity contribution >= 4 is 15.9 Å². The summed E-state index contributed by atoms with van der Waals surface area (Å²) < 4.78 is 1.05. The normalized spacial score (nSPS) is 10.7. The molecule has 3 nitrogen and oxygen atoms in total. The minimum Gasteiger partial charge on any atom is -0.325 e. The Kier molecular flexibility index (Phi) is 4.09. The number of aryl methyl sites for hydroxylation is 1. The Morgan fingerprint density at radius 2 is 1.83 bits per heavy atom. The van der Waals surface area contributed by atoms with Crippen molar-refractivity contribution in [3.63, 3.8) is 0 Å². The zero-order valence-corrected chi connectivity index (χ0v) is 12.2. The molecule has 0 spiro atoms. The molecule has 0 aliphatic carbocycles. The molecule has 0 fully saturated rings. The lowest BCUT2D eigenvalue weighted by molar-refractivity contribution is 0.891. The Hall–Kier alpha value is -1.26. The quantitative estimate of drug-likeness (QED) is 0.947. The molecular weight excluding hydrogens is 290 g/mol. The second-order valence-electron chi connectivity index (χ2n) is 4.12. The maximum Gasteiger partial charge on any atom is 0.159 e. The molecule has 4 heteroatoms. The van der Waals surface area contributed by atoms with Crippen molar-refractivity contribution in [3.05, 3.63) is 45.7 Å². The third-order valence-corrected chi connectivity index (χ3v) is 3.48. The average Bonchev–Trinajstić information content (AvgIpc) is 2.38. The van der Waals surface area contributed by atoms with Crippen molar-refractivity contribution in [1.82, 2.24) is 9.97 Å². The second-order valence-corrected chi connectivity index (χ2v) is 5.04. The van der Waals surface area contributed by atoms with E-state index in [1.807, 2.05) is 31.2 Å². The van der Waals surface area contributed by atoms with E-state index in [1.165, 1.54) is 5.56 Å². The van der Waals surface area contributed by atoms with Gasteiger partial charge >= 0.3 is 0 Å². The minimum atomic E-state index is 0.454. The van der Waals surface area contributed by atoms with E-state index in [2.05, 4.69) is 32.8 Å². The molecule has 2 aromatic rings. The number of aromatic nitrogens is 2. The summed E-state index contributed by atoms with van der Waals surface area (Å²) in [5, 5.41) is 0. The fraction of sp³-hybridized carbons (Fsp3) is 0.286. The molecule has 1 heterocycles. The van der Waals surface area contributed by atoms with Gasteiger partial charge in [-0.15, -0.1) is 0 Å². The number of rotatable bonds is 3. The summed E-state index contributed by atoms with van der Waals surface area (Å²) in [6, 6.07) is 7.99. The molecular formula is C14H16BrN3. The van der Waals surface area contributed by atoms with E-state index in [1.54, 1.807) is 0 Å². The highest BCUT2D eigenvalue weighted by molar-refractivity contribution is 9.10. The van der Waals surface area contributed by atoms with Crippen LogP contribution in [-0.4, -0.2) is 9.97 Å². The Labute approximate surface area is 116 Å². The van der Waals surface area contributed by atoms with Crippen molar-refractivity contribution in [2.75, 3.05) is 0 Å². The maximum absolute atomic E-state index is 5.77. The van der Waals surface area contributed by atoms with Gasteiger partial charge < -0.3 is 5.73 Å². The van der Waals surface area contributed by atoms with Crippen LogP contribution in [0.15, 0.2) is 28.7 Å². The van der Waals surface area contributed by atoms with Crippen LogP contribution in [0.3, 0.4) is 0 Å². The standard InChI is InChI=1S/C14H16BrN3/c1-3-12-9(2)17-14(18-13(12)8-16)10-4-6-11(15)7-5-10/h4-7H,3,8,16H2,1-2H3. The van der Waals surface area contributed by atoms with Gasteiger partial charge in [-0.2, -0.15) is 0 Å². The van der Waals surface area contributed by atoms with Gasteiger partial charge in [0.1, 0.15) is 0 Å². The summed E-state index contributed by atoms with van der Waals surface area (Å²) in [4.78, 5) is 9.14. The summed E-state index contributed by atoms with van der Waals surface area (Å²) >= 11 is 3.42. The Balaban J connectivity index is 2.52. The van der Waals surface area contributed by atoms with Crippen molar-refractivity contribution in [1.29, 1.82) is 0 Å². The molecule has 0 radical (unpaired) electrons. The monoisotopic (exact) mass is 305 g/mol. The number of hydrogen-bond donors (Lipinski definition) is 1. The van der Waals surface area contributed by atoms with Gasteiger partial charge in [-0.25, -0.2) is 9.97 Å². The summed E-state index contributed by atoms with van der Waals surface area (Å²) in [5.41, 5.74) is 9.91. The van der Waals surface area contributed by atoms with E-state index >= 15 is 0 Å². The molecule has 1 aromatic carbocycles. The summed E-state index contributed by atoms with van der Waals surface area (Å²) in [6.07, 6.45) is 0.916. The average molecular weight is 306 g/mol. The predicted molar refractivity (Wildman–Crippen MR) is 77.2 cm³/mol. The fourth-order valence-corrected chi connectivity index (χ4v) is 2.28. The summed E-state index contributed by atoms with van der Waals surface area (Å²) in [7, 11) is 0. The lowest BCUT2D eigenvalue weighted by Crippen LogP contribution is -2.09. The van der Waals surface area contributed by atoms with Gasteiger partial charge in [0, 0.05) is 22.3 Å². The minimum absolute atomic E-state index is 0.454. The van der Waals surface area contributed by atoms with Crippen LogP contribution in [0.2, 0.25) is 0 Å². The maximum atomic E-state index is 5.77. The van der Waals surface area contributed by atoms with Gasteiger partial charge in [0.2, 0.25) is 0 Å². The van der Waals surface area contributed by atoms with Crippen molar-refractivity contribution in [2.45, 2.75) is 26.8 Å². The van der Waals surface area contributed by atoms with Gasteiger partial charge in [-0.3, -0.25) is 0 Å². The van der Waals surface area contributed by atoms with Crippen molar-refractivity contribution in [3.8, 4) is 11.4 Å². The summed E-state index contributed by atoms with van der Waals surface area (Å²) in [6.45, 7) is 4.57. The molecule has 0 aliphatic rings. The molecule has 0 aliphatic heterocycles. The topological polar surface area (TPSA) is 51.8 Å². The van der Waals surface area contributed by atoms with E-state index in [9.17, 15) is 0 Å². The molecule has 18 heavy (non-hydrogen) atoms. The molecule has 2 N–H and O–H groups in total. The van der Waals surface area contributed by atoms with E-state index in [0.717, 1.165) is 33.7 Å². The van der Waals surface area contributed by atoms with Crippen LogP contribution < -0.4 is 5.73 Å². The van der Waals surface area contributed by atoms with E-state index in [0.29, 0.717) is 6.54 Å². The number of nitrogens with zero attached hydrogens (tertiary/aromatic N) is 2. The van der Waals surface area contributed by atoms with E-state index in [-0.39, 0.29) is 0 Å². The zero-order chi connectivity index (χ0) is 13.1. The number of hydrogen-bond acceptors (Lipinski definition) is 3. The zero-order valence-electron chi connectivity index (χ0n) is 10.6. The lowest BCUT2D eigenvalue weighted by Gasteiger charge is -2.10. The molecule has 94 valence electrons. The van der Waals surface area contributed by atoms with Crippen LogP contribution in [0.4, 0.5) is 0 Å². The molecule has 1 aromatic heterocycles. The molecule has 2 rings (SSSR count). The van der Waals surface area contributed by atoms with Gasteiger partial charge in [0.25, 0.3) is 0 Å². The van der Waals surface area contributed by atoms with Crippen LogP contribution in [-0.2, 0) is 13.0 Å². The molecule has 0 bridgehead atoms. The van der Waals surface area contributed by atoms with E-state index in [4.69, 9.17) is 5.73 Å². The van der Waals surface area contributed by atoms with Crippen LogP contribution in [0.25, 0.3) is 11.4 Å². The summed E-state index contributed by atoms with van der Waals surface area (Å²) in [5.74, 6) is 0.748. The third-order valence-electron chi connectivity index (χ3n) is 2.95. The highest BCUT2D eigenvalue weighted by Gasteiger charge is 2.10. The number of benzene rings is 1. The lowest BCUT2D eigenvalue weighted by atomic mass is 10.1. The Bertz CT molecular complexity index is 550. The first-order valence-electron chi connectivity index (χ1n) is 5.98. The van der Waals surface area contributed by atoms with Gasteiger partial charge in [-0.05, 0) is 31.0 Å². The number of nitrogens with two attached hydrogens (primary N) is 1. The van der Waals surface area contributed by atoms with Crippen LogP contribution >= 0.6 is 15.9 Å². The Morgan fingerprint density at radius 3 is 2.39 bits per heavy atom. The first-order valence-corrected chi connectivity index (χ1v) is 6.77. The first-order chi connectivity index (χ1) is 8.65. The van der Waals surface area contributed by atoms with Crippen molar-refractivity contribution < 1.29 is 0 Å². The smallest absolute Gasteiger partial charge is 0.159 e. The van der Waals surface area contributed by atoms with Gasteiger partial charge in [0.05, 0.1) is 5.69 Å². The predicted octanol–water partition coefficient (Wildman–Crippen LogP) is 3.24. The highest BCUT2D eigenvalue weighted by atomic mass is 79.9. The highest BCUT2D eigenvalue weighted by Crippen LogP contribution is 2.21. The van der Waals surface area contributed by atoms with Crippen LogP contribution in [0, 0.1) is 6.92 Å². The van der Waals surface area contributed by atoms with Crippen LogP contribution in [0.5, 0.6) is 0 Å². The fourth-order valence-electron chi connectivity index (χ4n) is 2.01. The largest absolute Gasteiger partial charge is 0.325 e. The van der Waals surface area contributed by atoms with Gasteiger partial charge in [0.15, 0.2) is 5.82 Å². The second kappa shape index (κ2) is 5.59. The van der Waals surface area contributed by atoms with E-state index < -0.39 is 0 Å². The molecule has 0 unspecified atom stereocenters. The molecule has 0 saturated carbocycles. The first kappa shape index (κ1) is 13.2. The molecule has 0 atom stereocenters. The molecule has 0 amide bonds. The molecule has 0 saturated heterocycles. The SMILES string of the molecule is CCc1c(C)nc(-c2ccc(Br)cc2)nc1CN. The third kappa shape index (κ3) is 2.60.